The van der Waals surface area contributed by atoms with Crippen molar-refractivity contribution in [2.45, 2.75) is 30.2 Å². The lowest BCUT2D eigenvalue weighted by molar-refractivity contribution is 0.125. The number of hydrogen-bond acceptors (Lipinski definition) is 9. The van der Waals surface area contributed by atoms with Crippen molar-refractivity contribution in [3.05, 3.63) is 17.6 Å². The Morgan fingerprint density at radius 2 is 1.39 bits per heavy atom. The lowest BCUT2D eigenvalue weighted by Crippen LogP contribution is -2.31. The summed E-state index contributed by atoms with van der Waals surface area (Å²) in [6, 6.07) is 0. The quantitative estimate of drug-likeness (QED) is 0.166. The minimum absolute atomic E-state index is 0.312. The van der Waals surface area contributed by atoms with E-state index in [1.807, 2.05) is 0 Å². The molecule has 0 fully saturated rings. The normalized spacial score (nSPS) is 13.7. The first-order chi connectivity index (χ1) is 13.6. The molecule has 0 aliphatic heterocycles. The van der Waals surface area contributed by atoms with Crippen LogP contribution in [0.25, 0.3) is 0 Å². The molecule has 0 unspecified atom stereocenters. The van der Waals surface area contributed by atoms with Gasteiger partial charge in [-0.2, -0.15) is 0 Å². The SMILES string of the molecule is CCc1ncc(C(P(=O)(O)O)P(=O)(O)O)c(N)n1.NCCC(O)(P(=O)(O)O)P(=O)(O)O. The van der Waals surface area contributed by atoms with E-state index in [0.717, 1.165) is 6.20 Å². The van der Waals surface area contributed by atoms with E-state index in [2.05, 4.69) is 9.97 Å². The molecule has 17 nitrogen and oxygen atoms in total. The number of nitrogens with zero attached hydrogens (tertiary/aromatic N) is 2. The van der Waals surface area contributed by atoms with E-state index < -0.39 is 59.4 Å². The van der Waals surface area contributed by atoms with E-state index in [1.54, 1.807) is 6.92 Å². The Morgan fingerprint density at radius 3 is 1.61 bits per heavy atom. The fourth-order valence-corrected chi connectivity index (χ4v) is 6.91. The van der Waals surface area contributed by atoms with Crippen LogP contribution in [0.2, 0.25) is 0 Å². The fourth-order valence-electron chi connectivity index (χ4n) is 2.02. The van der Waals surface area contributed by atoms with Crippen LogP contribution in [-0.4, -0.2) is 65.8 Å². The van der Waals surface area contributed by atoms with Crippen LogP contribution >= 0.6 is 30.4 Å². The Labute approximate surface area is 175 Å². The first-order valence-corrected chi connectivity index (χ1v) is 14.5. The Morgan fingerprint density at radius 1 is 0.968 bits per heavy atom. The van der Waals surface area contributed by atoms with Gasteiger partial charge in [-0.1, -0.05) is 6.92 Å². The van der Waals surface area contributed by atoms with Crippen LogP contribution in [0.1, 0.15) is 30.1 Å². The number of nitrogen functional groups attached to an aromatic ring is 1. The van der Waals surface area contributed by atoms with Crippen LogP contribution in [0.3, 0.4) is 0 Å². The average Bonchev–Trinajstić information content (AvgIpc) is 2.52. The maximum absolute atomic E-state index is 11.2. The molecule has 0 spiro atoms. The van der Waals surface area contributed by atoms with Crippen LogP contribution in [-0.2, 0) is 24.7 Å². The van der Waals surface area contributed by atoms with Crippen LogP contribution in [0.4, 0.5) is 5.82 Å². The van der Waals surface area contributed by atoms with E-state index in [9.17, 15) is 18.3 Å². The molecule has 31 heavy (non-hydrogen) atoms. The first kappa shape index (κ1) is 30.4. The first-order valence-electron chi connectivity index (χ1n) is 7.89. The van der Waals surface area contributed by atoms with E-state index in [4.69, 9.17) is 55.7 Å². The van der Waals surface area contributed by atoms with Gasteiger partial charge in [0.15, 0.2) is 5.40 Å². The van der Waals surface area contributed by atoms with Crippen molar-refractivity contribution >= 4 is 36.2 Å². The highest BCUT2D eigenvalue weighted by atomic mass is 31.2. The summed E-state index contributed by atoms with van der Waals surface area (Å²) < 4.78 is 43.5. The monoisotopic (exact) mass is 532 g/mol. The molecular weight excluding hydrogens is 508 g/mol. The standard InChI is InChI=1S/C7H13N3O6P2.C3H11NO7P2/c1-2-5-9-3-4(6(8)10-5)7(17(11,12)13)18(14,15)16;4-2-1-3(5,12(6,7)8)13(9,10)11/h3,7H,2H2,1H3,(H2,8,9,10)(H2,11,12,13)(H2,14,15,16);5H,1-2,4H2,(H2,6,7,8)(H2,9,10,11). The molecule has 0 saturated heterocycles. The minimum atomic E-state index is -5.31. The molecule has 21 heteroatoms. The molecule has 0 aliphatic carbocycles. The second-order valence-electron chi connectivity index (χ2n) is 5.93. The Bertz CT molecular complexity index is 906. The minimum Gasteiger partial charge on any atom is -0.383 e. The molecule has 13 N–H and O–H groups in total. The van der Waals surface area contributed by atoms with Crippen molar-refractivity contribution in [1.82, 2.24) is 9.97 Å². The third-order valence-electron chi connectivity index (χ3n) is 3.54. The van der Waals surface area contributed by atoms with Crippen molar-refractivity contribution < 1.29 is 62.5 Å². The van der Waals surface area contributed by atoms with Crippen molar-refractivity contribution in [3.8, 4) is 0 Å². The van der Waals surface area contributed by atoms with Gasteiger partial charge >= 0.3 is 30.4 Å². The number of hydrogen-bond donors (Lipinski definition) is 11. The van der Waals surface area contributed by atoms with Crippen molar-refractivity contribution in [3.63, 3.8) is 0 Å². The predicted octanol–water partition coefficient (Wildman–Crippen LogP) is -1.69. The van der Waals surface area contributed by atoms with Gasteiger partial charge in [-0.15, -0.1) is 0 Å². The molecule has 1 rings (SSSR count). The van der Waals surface area contributed by atoms with Crippen molar-refractivity contribution in [1.29, 1.82) is 0 Å². The van der Waals surface area contributed by atoms with Gasteiger partial charge in [0, 0.05) is 24.6 Å². The van der Waals surface area contributed by atoms with E-state index in [0.29, 0.717) is 12.2 Å². The third kappa shape index (κ3) is 8.04. The summed E-state index contributed by atoms with van der Waals surface area (Å²) in [5.74, 6) is -0.0371. The molecule has 182 valence electrons. The van der Waals surface area contributed by atoms with Gasteiger partial charge in [0.25, 0.3) is 5.08 Å². The number of aryl methyl sites for hydroxylation is 1. The Hall–Kier alpha value is -0.600. The second-order valence-corrected chi connectivity index (χ2v) is 13.7. The van der Waals surface area contributed by atoms with E-state index in [1.165, 1.54) is 0 Å². The summed E-state index contributed by atoms with van der Waals surface area (Å²) in [6.45, 7) is 1.28. The summed E-state index contributed by atoms with van der Waals surface area (Å²) >= 11 is 0. The number of aromatic nitrogens is 2. The number of nitrogens with two attached hydrogens (primary N) is 2. The maximum atomic E-state index is 11.2. The molecule has 0 bridgehead atoms. The molecule has 0 saturated carbocycles. The molecule has 0 atom stereocenters. The number of rotatable bonds is 8. The maximum Gasteiger partial charge on any atom is 0.369 e. The topological polar surface area (TPSA) is 328 Å². The van der Waals surface area contributed by atoms with Crippen LogP contribution < -0.4 is 11.5 Å². The van der Waals surface area contributed by atoms with Crippen LogP contribution in [0, 0.1) is 0 Å². The number of anilines is 1. The van der Waals surface area contributed by atoms with Gasteiger partial charge in [-0.3, -0.25) is 18.3 Å². The van der Waals surface area contributed by atoms with Gasteiger partial charge in [-0.25, -0.2) is 9.97 Å². The van der Waals surface area contributed by atoms with Gasteiger partial charge in [-0.05, 0) is 6.54 Å². The van der Waals surface area contributed by atoms with Crippen LogP contribution in [0.15, 0.2) is 6.20 Å². The summed E-state index contributed by atoms with van der Waals surface area (Å²) in [7, 11) is -20.8. The lowest BCUT2D eigenvalue weighted by atomic mass is 10.3. The molecule has 1 heterocycles. The third-order valence-corrected chi connectivity index (χ3v) is 11.1. The summed E-state index contributed by atoms with van der Waals surface area (Å²) in [6.07, 6.45) is 0.493. The van der Waals surface area contributed by atoms with E-state index in [-0.39, 0.29) is 5.82 Å². The highest BCUT2D eigenvalue weighted by molar-refractivity contribution is 7.72. The fraction of sp³-hybridized carbons (Fsp3) is 0.600. The highest BCUT2D eigenvalue weighted by Gasteiger charge is 2.58. The molecule has 0 aliphatic rings. The summed E-state index contributed by atoms with van der Waals surface area (Å²) in [5.41, 5.74) is 9.86. The Kier molecular flexibility index (Phi) is 10.3. The zero-order chi connectivity index (χ0) is 25.1. The van der Waals surface area contributed by atoms with Crippen molar-refractivity contribution in [2.75, 3.05) is 12.3 Å². The molecule has 0 aromatic carbocycles. The van der Waals surface area contributed by atoms with E-state index >= 15 is 0 Å². The predicted molar refractivity (Wildman–Crippen MR) is 105 cm³/mol. The second kappa shape index (κ2) is 10.6. The zero-order valence-electron chi connectivity index (χ0n) is 15.8. The highest BCUT2D eigenvalue weighted by Crippen LogP contribution is 2.70. The number of aliphatic hydroxyl groups is 1. The lowest BCUT2D eigenvalue weighted by Gasteiger charge is -2.28. The average molecular weight is 532 g/mol. The van der Waals surface area contributed by atoms with Crippen molar-refractivity contribution in [2.24, 2.45) is 5.73 Å². The summed E-state index contributed by atoms with van der Waals surface area (Å²) in [5, 5.41) is 3.37. The smallest absolute Gasteiger partial charge is 0.369 e. The Balaban J connectivity index is 0.000000615. The van der Waals surface area contributed by atoms with Gasteiger partial charge in [0.1, 0.15) is 11.6 Å². The zero-order valence-corrected chi connectivity index (χ0v) is 19.3. The molecule has 0 amide bonds. The molecule has 1 aromatic rings. The molecule has 1 aromatic heterocycles. The molecule has 0 radical (unpaired) electrons. The largest absolute Gasteiger partial charge is 0.383 e. The summed E-state index contributed by atoms with van der Waals surface area (Å²) in [4.78, 5) is 77.6. The van der Waals surface area contributed by atoms with Gasteiger partial charge < -0.3 is 55.7 Å². The van der Waals surface area contributed by atoms with Gasteiger partial charge in [0.05, 0.1) is 0 Å². The van der Waals surface area contributed by atoms with Crippen LogP contribution in [0.5, 0.6) is 0 Å². The van der Waals surface area contributed by atoms with Gasteiger partial charge in [0.2, 0.25) is 0 Å². The molecular formula is C10H24N4O13P4.